The van der Waals surface area contributed by atoms with Gasteiger partial charge < -0.3 is 9.88 Å². The molecule has 1 N–H and O–H groups in total. The summed E-state index contributed by atoms with van der Waals surface area (Å²) in [6, 6.07) is 7.55. The van der Waals surface area contributed by atoms with Gasteiger partial charge in [-0.05, 0) is 37.3 Å². The highest BCUT2D eigenvalue weighted by molar-refractivity contribution is 7.98. The van der Waals surface area contributed by atoms with Crippen molar-refractivity contribution in [1.82, 2.24) is 13.9 Å². The molecule has 1 aliphatic heterocycles. The Kier molecular flexibility index (Phi) is 6.00. The zero-order valence-electron chi connectivity index (χ0n) is 14.6. The molecule has 0 atom stereocenters. The number of hydrogen-bond donors (Lipinski definition) is 1. The van der Waals surface area contributed by atoms with Crippen molar-refractivity contribution >= 4 is 33.4 Å². The third-order valence-electron chi connectivity index (χ3n) is 4.21. The highest BCUT2D eigenvalue weighted by Crippen LogP contribution is 2.20. The number of carbonyl (C=O) groups excluding carboxylic acids is 1. The van der Waals surface area contributed by atoms with E-state index in [1.54, 1.807) is 11.8 Å². The van der Waals surface area contributed by atoms with Crippen LogP contribution in [0.4, 0.5) is 5.69 Å². The van der Waals surface area contributed by atoms with Gasteiger partial charge in [0.2, 0.25) is 5.91 Å². The van der Waals surface area contributed by atoms with Crippen LogP contribution in [0.2, 0.25) is 0 Å². The molecule has 1 aromatic carbocycles. The lowest BCUT2D eigenvalue weighted by Gasteiger charge is -2.24. The Hall–Kier alpha value is -1.84. The molecule has 7 nitrogen and oxygen atoms in total. The van der Waals surface area contributed by atoms with Crippen LogP contribution in [-0.4, -0.2) is 47.5 Å². The highest BCUT2D eigenvalue weighted by atomic mass is 32.2. The fourth-order valence-corrected chi connectivity index (χ4v) is 4.78. The summed E-state index contributed by atoms with van der Waals surface area (Å²) in [6.45, 7) is 1.06. The maximum Gasteiger partial charge on any atom is 0.262 e. The van der Waals surface area contributed by atoms with E-state index in [0.29, 0.717) is 18.8 Å². The van der Waals surface area contributed by atoms with Crippen molar-refractivity contribution in [3.8, 4) is 0 Å². The molecule has 2 aromatic rings. The minimum atomic E-state index is -3.58. The Morgan fingerprint density at radius 1 is 1.27 bits per heavy atom. The SMILES string of the molecule is CSc1cccc(NC(=O)Cn2cnc(S(=O)(=O)N3CCCCC3)c2)c1. The van der Waals surface area contributed by atoms with Crippen LogP contribution in [-0.2, 0) is 21.4 Å². The number of amides is 1. The van der Waals surface area contributed by atoms with E-state index in [1.807, 2.05) is 30.5 Å². The summed E-state index contributed by atoms with van der Waals surface area (Å²) in [5.74, 6) is -0.234. The molecule has 3 rings (SSSR count). The van der Waals surface area contributed by atoms with E-state index in [4.69, 9.17) is 0 Å². The Labute approximate surface area is 157 Å². The predicted molar refractivity (Wildman–Crippen MR) is 102 cm³/mol. The summed E-state index contributed by atoms with van der Waals surface area (Å²) in [5.41, 5.74) is 0.711. The molecule has 2 heterocycles. The molecule has 0 unspecified atom stereocenters. The zero-order valence-corrected chi connectivity index (χ0v) is 16.2. The second kappa shape index (κ2) is 8.24. The molecule has 26 heavy (non-hydrogen) atoms. The first-order valence-corrected chi connectivity index (χ1v) is 11.1. The number of aromatic nitrogens is 2. The van der Waals surface area contributed by atoms with Gasteiger partial charge in [0.05, 0.1) is 6.33 Å². The van der Waals surface area contributed by atoms with E-state index in [1.165, 1.54) is 21.4 Å². The molecular weight excluding hydrogens is 372 g/mol. The summed E-state index contributed by atoms with van der Waals surface area (Å²) in [4.78, 5) is 17.3. The predicted octanol–water partition coefficient (Wildman–Crippen LogP) is 2.42. The highest BCUT2D eigenvalue weighted by Gasteiger charge is 2.28. The first kappa shape index (κ1) is 18.9. The number of rotatable bonds is 6. The number of benzene rings is 1. The molecule has 1 fully saturated rings. The van der Waals surface area contributed by atoms with Crippen molar-refractivity contribution in [2.75, 3.05) is 24.7 Å². The van der Waals surface area contributed by atoms with Crippen molar-refractivity contribution in [2.24, 2.45) is 0 Å². The van der Waals surface area contributed by atoms with Crippen LogP contribution in [0.5, 0.6) is 0 Å². The van der Waals surface area contributed by atoms with E-state index in [2.05, 4.69) is 10.3 Å². The third kappa shape index (κ3) is 4.46. The van der Waals surface area contributed by atoms with Gasteiger partial charge in [0.15, 0.2) is 5.03 Å². The van der Waals surface area contributed by atoms with Gasteiger partial charge in [0.1, 0.15) is 6.54 Å². The van der Waals surface area contributed by atoms with Crippen LogP contribution in [0.15, 0.2) is 46.7 Å². The lowest BCUT2D eigenvalue weighted by Crippen LogP contribution is -2.35. The maximum atomic E-state index is 12.6. The summed E-state index contributed by atoms with van der Waals surface area (Å²) >= 11 is 1.60. The second-order valence-corrected chi connectivity index (χ2v) is 8.89. The van der Waals surface area contributed by atoms with E-state index >= 15 is 0 Å². The third-order valence-corrected chi connectivity index (χ3v) is 6.72. The fraction of sp³-hybridized carbons (Fsp3) is 0.412. The number of hydrogen-bond acceptors (Lipinski definition) is 5. The zero-order chi connectivity index (χ0) is 18.6. The summed E-state index contributed by atoms with van der Waals surface area (Å²) in [7, 11) is -3.58. The molecular formula is C17H22N4O3S2. The number of sulfonamides is 1. The van der Waals surface area contributed by atoms with Gasteiger partial charge in [-0.1, -0.05) is 12.5 Å². The van der Waals surface area contributed by atoms with Gasteiger partial charge in [-0.2, -0.15) is 4.31 Å². The van der Waals surface area contributed by atoms with Crippen molar-refractivity contribution in [1.29, 1.82) is 0 Å². The van der Waals surface area contributed by atoms with Crippen LogP contribution < -0.4 is 5.32 Å². The molecule has 0 bridgehead atoms. The fourth-order valence-electron chi connectivity index (χ4n) is 2.86. The molecule has 0 radical (unpaired) electrons. The monoisotopic (exact) mass is 394 g/mol. The molecule has 0 saturated carbocycles. The molecule has 1 aromatic heterocycles. The summed E-state index contributed by atoms with van der Waals surface area (Å²) < 4.78 is 28.2. The van der Waals surface area contributed by atoms with E-state index in [-0.39, 0.29) is 17.5 Å². The Morgan fingerprint density at radius 2 is 2.04 bits per heavy atom. The maximum absolute atomic E-state index is 12.6. The topological polar surface area (TPSA) is 84.3 Å². The van der Waals surface area contributed by atoms with Gasteiger partial charge >= 0.3 is 0 Å². The molecule has 1 amide bonds. The smallest absolute Gasteiger partial charge is 0.262 e. The lowest BCUT2D eigenvalue weighted by atomic mass is 10.2. The van der Waals surface area contributed by atoms with Gasteiger partial charge in [-0.25, -0.2) is 13.4 Å². The molecule has 1 saturated heterocycles. The van der Waals surface area contributed by atoms with Crippen molar-refractivity contribution in [2.45, 2.75) is 35.7 Å². The summed E-state index contributed by atoms with van der Waals surface area (Å²) in [5, 5.41) is 2.81. The first-order chi connectivity index (χ1) is 12.5. The van der Waals surface area contributed by atoms with Gasteiger partial charge in [-0.3, -0.25) is 4.79 Å². The standard InChI is InChI=1S/C17H22N4O3S2/c1-25-15-7-5-6-14(10-15)19-16(22)11-20-12-17(18-13-20)26(23,24)21-8-3-2-4-9-21/h5-7,10,12-13H,2-4,8-9,11H2,1H3,(H,19,22). The second-order valence-electron chi connectivity index (χ2n) is 6.13. The van der Waals surface area contributed by atoms with E-state index < -0.39 is 10.0 Å². The number of nitrogens with zero attached hydrogens (tertiary/aromatic N) is 3. The van der Waals surface area contributed by atoms with Crippen molar-refractivity contribution in [3.05, 3.63) is 36.8 Å². The number of nitrogens with one attached hydrogen (secondary N) is 1. The average molecular weight is 395 g/mol. The van der Waals surface area contributed by atoms with E-state index in [9.17, 15) is 13.2 Å². The van der Waals surface area contributed by atoms with Gasteiger partial charge in [0, 0.05) is 29.9 Å². The number of carbonyl (C=O) groups is 1. The van der Waals surface area contributed by atoms with E-state index in [0.717, 1.165) is 24.2 Å². The average Bonchev–Trinajstić information content (AvgIpc) is 3.11. The minimum absolute atomic E-state index is 0.00317. The van der Waals surface area contributed by atoms with Crippen molar-refractivity contribution < 1.29 is 13.2 Å². The molecule has 1 aliphatic rings. The minimum Gasteiger partial charge on any atom is -0.327 e. The van der Waals surface area contributed by atoms with Crippen LogP contribution in [0, 0.1) is 0 Å². The summed E-state index contributed by atoms with van der Waals surface area (Å²) in [6.07, 6.45) is 7.57. The van der Waals surface area contributed by atoms with Crippen molar-refractivity contribution in [3.63, 3.8) is 0 Å². The van der Waals surface area contributed by atoms with Crippen LogP contribution in [0.3, 0.4) is 0 Å². The number of imidazole rings is 1. The quantitative estimate of drug-likeness (QED) is 0.761. The van der Waals surface area contributed by atoms with Crippen LogP contribution >= 0.6 is 11.8 Å². The largest absolute Gasteiger partial charge is 0.327 e. The van der Waals surface area contributed by atoms with Gasteiger partial charge in [0.25, 0.3) is 10.0 Å². The normalized spacial score (nSPS) is 15.7. The van der Waals surface area contributed by atoms with Gasteiger partial charge in [-0.15, -0.1) is 11.8 Å². The molecule has 140 valence electrons. The Morgan fingerprint density at radius 3 is 2.77 bits per heavy atom. The molecule has 0 aliphatic carbocycles. The number of anilines is 1. The first-order valence-electron chi connectivity index (χ1n) is 8.45. The van der Waals surface area contributed by atoms with Crippen LogP contribution in [0.25, 0.3) is 0 Å². The van der Waals surface area contributed by atoms with Crippen LogP contribution in [0.1, 0.15) is 19.3 Å². The molecule has 9 heteroatoms. The Balaban J connectivity index is 1.65. The molecule has 0 spiro atoms. The lowest BCUT2D eigenvalue weighted by molar-refractivity contribution is -0.116. The number of thioether (sulfide) groups is 1. The number of piperidine rings is 1. The Bertz CT molecular complexity index is 874.